The van der Waals surface area contributed by atoms with Gasteiger partial charge < -0.3 is 5.32 Å². The van der Waals surface area contributed by atoms with Crippen LogP contribution in [0.25, 0.3) is 0 Å². The zero-order valence-corrected chi connectivity index (χ0v) is 14.4. The second kappa shape index (κ2) is 8.11. The molecule has 2 aromatic carbocycles. The maximum absolute atomic E-state index is 12.2. The van der Waals surface area contributed by atoms with Crippen LogP contribution in [0.3, 0.4) is 0 Å². The Kier molecular flexibility index (Phi) is 5.65. The highest BCUT2D eigenvalue weighted by Gasteiger charge is 2.11. The van der Waals surface area contributed by atoms with E-state index in [1.54, 1.807) is 0 Å². The number of rotatable bonds is 6. The summed E-state index contributed by atoms with van der Waals surface area (Å²) in [5.74, 6) is -0.0150. The molecule has 24 heavy (non-hydrogen) atoms. The van der Waals surface area contributed by atoms with Gasteiger partial charge in [0.25, 0.3) is 5.91 Å². The van der Waals surface area contributed by atoms with Gasteiger partial charge >= 0.3 is 0 Å². The largest absolute Gasteiger partial charge is 0.348 e. The average Bonchev–Trinajstić information content (AvgIpc) is 3.14. The van der Waals surface area contributed by atoms with Crippen molar-refractivity contribution in [2.45, 2.75) is 39.3 Å². The summed E-state index contributed by atoms with van der Waals surface area (Å²) in [5.41, 5.74) is 4.46. The molecule has 0 aromatic heterocycles. The number of likely N-dealkylation sites (tertiary alicyclic amines) is 1. The molecule has 3 heteroatoms. The first-order valence-electron chi connectivity index (χ1n) is 8.92. The fraction of sp³-hybridized carbons (Fsp3) is 0.381. The van der Waals surface area contributed by atoms with Crippen molar-refractivity contribution in [1.29, 1.82) is 0 Å². The summed E-state index contributed by atoms with van der Waals surface area (Å²) in [6.45, 7) is 6.15. The van der Waals surface area contributed by atoms with Crippen LogP contribution in [0.1, 0.15) is 46.8 Å². The maximum Gasteiger partial charge on any atom is 0.251 e. The van der Waals surface area contributed by atoms with Gasteiger partial charge in [-0.3, -0.25) is 9.69 Å². The van der Waals surface area contributed by atoms with E-state index in [-0.39, 0.29) is 5.91 Å². The summed E-state index contributed by atoms with van der Waals surface area (Å²) in [4.78, 5) is 14.7. The lowest BCUT2D eigenvalue weighted by atomic mass is 10.1. The Balaban J connectivity index is 1.50. The third kappa shape index (κ3) is 4.45. The Bertz CT molecular complexity index is 655. The number of carbonyl (C=O) groups is 1. The fourth-order valence-corrected chi connectivity index (χ4v) is 3.14. The smallest absolute Gasteiger partial charge is 0.251 e. The van der Waals surface area contributed by atoms with E-state index in [1.165, 1.54) is 37.1 Å². The van der Waals surface area contributed by atoms with E-state index in [0.717, 1.165) is 24.1 Å². The van der Waals surface area contributed by atoms with Crippen LogP contribution in [0.15, 0.2) is 48.5 Å². The highest BCUT2D eigenvalue weighted by atomic mass is 16.1. The molecular formula is C21H26N2O. The third-order valence-electron chi connectivity index (χ3n) is 4.71. The molecule has 0 atom stereocenters. The number of nitrogens with one attached hydrogen (secondary N) is 1. The van der Waals surface area contributed by atoms with Gasteiger partial charge in [0, 0.05) is 18.7 Å². The van der Waals surface area contributed by atoms with E-state index in [1.807, 2.05) is 24.3 Å². The molecule has 0 aliphatic carbocycles. The van der Waals surface area contributed by atoms with Gasteiger partial charge in [-0.1, -0.05) is 43.3 Å². The van der Waals surface area contributed by atoms with Crippen LogP contribution in [0.2, 0.25) is 0 Å². The molecule has 0 bridgehead atoms. The Morgan fingerprint density at radius 2 is 1.50 bits per heavy atom. The summed E-state index contributed by atoms with van der Waals surface area (Å²) in [6.07, 6.45) is 3.64. The molecule has 3 nitrogen and oxygen atoms in total. The second-order valence-corrected chi connectivity index (χ2v) is 6.53. The van der Waals surface area contributed by atoms with Crippen molar-refractivity contribution >= 4 is 5.91 Å². The van der Waals surface area contributed by atoms with Crippen molar-refractivity contribution < 1.29 is 4.79 Å². The summed E-state index contributed by atoms with van der Waals surface area (Å²) in [7, 11) is 0. The minimum atomic E-state index is -0.0150. The van der Waals surface area contributed by atoms with E-state index >= 15 is 0 Å². The zero-order valence-electron chi connectivity index (χ0n) is 14.4. The number of nitrogens with zero attached hydrogens (tertiary/aromatic N) is 1. The number of benzene rings is 2. The third-order valence-corrected chi connectivity index (χ3v) is 4.71. The van der Waals surface area contributed by atoms with Gasteiger partial charge in [-0.25, -0.2) is 0 Å². The highest BCUT2D eigenvalue weighted by Crippen LogP contribution is 2.13. The number of aryl methyl sites for hydroxylation is 1. The van der Waals surface area contributed by atoms with Crippen molar-refractivity contribution in [2.24, 2.45) is 0 Å². The van der Waals surface area contributed by atoms with Crippen molar-refractivity contribution in [1.82, 2.24) is 10.2 Å². The molecule has 1 amide bonds. The number of carbonyl (C=O) groups excluding carboxylic acids is 1. The molecule has 1 fully saturated rings. The first-order valence-corrected chi connectivity index (χ1v) is 8.92. The van der Waals surface area contributed by atoms with Gasteiger partial charge in [0.1, 0.15) is 0 Å². The standard InChI is InChI=1S/C21H26N2O/c1-2-17-9-11-20(12-10-17)21(24)22-15-18-5-7-19(8-6-18)16-23-13-3-4-14-23/h5-12H,2-4,13-16H2,1H3,(H,22,24). The Morgan fingerprint density at radius 1 is 0.917 bits per heavy atom. The average molecular weight is 322 g/mol. The van der Waals surface area contributed by atoms with Gasteiger partial charge in [-0.05, 0) is 61.2 Å². The van der Waals surface area contributed by atoms with Crippen molar-refractivity contribution in [3.8, 4) is 0 Å². The summed E-state index contributed by atoms with van der Waals surface area (Å²) < 4.78 is 0. The van der Waals surface area contributed by atoms with Crippen molar-refractivity contribution in [3.05, 3.63) is 70.8 Å². The van der Waals surface area contributed by atoms with Crippen LogP contribution >= 0.6 is 0 Å². The highest BCUT2D eigenvalue weighted by molar-refractivity contribution is 5.94. The second-order valence-electron chi connectivity index (χ2n) is 6.53. The molecule has 0 radical (unpaired) electrons. The monoisotopic (exact) mass is 322 g/mol. The number of amides is 1. The first kappa shape index (κ1) is 16.7. The van der Waals surface area contributed by atoms with Gasteiger partial charge in [0.2, 0.25) is 0 Å². The minimum Gasteiger partial charge on any atom is -0.348 e. The molecule has 0 unspecified atom stereocenters. The topological polar surface area (TPSA) is 32.3 Å². The molecule has 3 rings (SSSR count). The van der Waals surface area contributed by atoms with Gasteiger partial charge in [0.05, 0.1) is 0 Å². The summed E-state index contributed by atoms with van der Waals surface area (Å²) in [6, 6.07) is 16.4. The number of hydrogen-bond acceptors (Lipinski definition) is 2. The molecule has 126 valence electrons. The van der Waals surface area contributed by atoms with E-state index in [2.05, 4.69) is 41.4 Å². The Hall–Kier alpha value is -2.13. The summed E-state index contributed by atoms with van der Waals surface area (Å²) in [5, 5.41) is 3.00. The molecule has 1 N–H and O–H groups in total. The summed E-state index contributed by atoms with van der Waals surface area (Å²) >= 11 is 0. The molecule has 1 aliphatic heterocycles. The maximum atomic E-state index is 12.2. The number of hydrogen-bond donors (Lipinski definition) is 1. The van der Waals surface area contributed by atoms with Gasteiger partial charge in [-0.15, -0.1) is 0 Å². The van der Waals surface area contributed by atoms with Crippen LogP contribution in [0, 0.1) is 0 Å². The quantitative estimate of drug-likeness (QED) is 0.878. The molecule has 0 saturated carbocycles. The van der Waals surface area contributed by atoms with E-state index in [0.29, 0.717) is 6.54 Å². The normalized spacial score (nSPS) is 14.7. The molecule has 1 saturated heterocycles. The van der Waals surface area contributed by atoms with Crippen LogP contribution in [0.5, 0.6) is 0 Å². The molecule has 0 spiro atoms. The van der Waals surface area contributed by atoms with E-state index in [9.17, 15) is 4.79 Å². The molecule has 1 heterocycles. The Labute approximate surface area is 144 Å². The SMILES string of the molecule is CCc1ccc(C(=O)NCc2ccc(CN3CCCC3)cc2)cc1. The lowest BCUT2D eigenvalue weighted by Gasteiger charge is -2.14. The fourth-order valence-electron chi connectivity index (χ4n) is 3.14. The zero-order chi connectivity index (χ0) is 16.8. The van der Waals surface area contributed by atoms with Gasteiger partial charge in [0.15, 0.2) is 0 Å². The van der Waals surface area contributed by atoms with Crippen LogP contribution in [0.4, 0.5) is 0 Å². The minimum absolute atomic E-state index is 0.0150. The Morgan fingerprint density at radius 3 is 2.12 bits per heavy atom. The predicted molar refractivity (Wildman–Crippen MR) is 97.9 cm³/mol. The van der Waals surface area contributed by atoms with E-state index in [4.69, 9.17) is 0 Å². The lowest BCUT2D eigenvalue weighted by Crippen LogP contribution is -2.22. The lowest BCUT2D eigenvalue weighted by molar-refractivity contribution is 0.0951. The van der Waals surface area contributed by atoms with Crippen LogP contribution in [-0.2, 0) is 19.5 Å². The van der Waals surface area contributed by atoms with Crippen LogP contribution in [-0.4, -0.2) is 23.9 Å². The first-order chi connectivity index (χ1) is 11.7. The molecular weight excluding hydrogens is 296 g/mol. The molecule has 2 aromatic rings. The van der Waals surface area contributed by atoms with Gasteiger partial charge in [-0.2, -0.15) is 0 Å². The molecule has 1 aliphatic rings. The van der Waals surface area contributed by atoms with E-state index < -0.39 is 0 Å². The van der Waals surface area contributed by atoms with Crippen molar-refractivity contribution in [3.63, 3.8) is 0 Å². The van der Waals surface area contributed by atoms with Crippen molar-refractivity contribution in [2.75, 3.05) is 13.1 Å². The predicted octanol–water partition coefficient (Wildman–Crippen LogP) is 3.77. The van der Waals surface area contributed by atoms with Crippen LogP contribution < -0.4 is 5.32 Å².